The third kappa shape index (κ3) is 4.09. The predicted molar refractivity (Wildman–Crippen MR) is 99.4 cm³/mol. The lowest BCUT2D eigenvalue weighted by molar-refractivity contribution is -0.130. The van der Waals surface area contributed by atoms with Gasteiger partial charge in [-0.3, -0.25) is 4.79 Å². The van der Waals surface area contributed by atoms with E-state index in [1.807, 2.05) is 55.4 Å². The quantitative estimate of drug-likeness (QED) is 0.910. The average Bonchev–Trinajstić information content (AvgIpc) is 3.03. The standard InChI is InChI=1S/C21H26N2O2/c1-22(2)19-14-23(15-20(19)24)21(25)13-18(16-9-5-3-6-10-16)17-11-7-4-8-12-17/h3-12,18-20,24H,13-15H2,1-2H3/t19-,20-/m0/s1. The summed E-state index contributed by atoms with van der Waals surface area (Å²) in [6, 6.07) is 20.3. The second kappa shape index (κ2) is 7.81. The number of aliphatic hydroxyl groups is 1. The highest BCUT2D eigenvalue weighted by Gasteiger charge is 2.35. The first-order valence-corrected chi connectivity index (χ1v) is 8.78. The van der Waals surface area contributed by atoms with Crippen LogP contribution in [0.3, 0.4) is 0 Å². The molecule has 4 heteroatoms. The number of aliphatic hydroxyl groups excluding tert-OH is 1. The first-order valence-electron chi connectivity index (χ1n) is 8.78. The van der Waals surface area contributed by atoms with Crippen LogP contribution < -0.4 is 0 Å². The van der Waals surface area contributed by atoms with Crippen LogP contribution in [0.5, 0.6) is 0 Å². The van der Waals surface area contributed by atoms with Crippen LogP contribution in [0.15, 0.2) is 60.7 Å². The molecule has 1 fully saturated rings. The van der Waals surface area contributed by atoms with E-state index in [1.54, 1.807) is 4.90 Å². The lowest BCUT2D eigenvalue weighted by Gasteiger charge is -2.23. The maximum atomic E-state index is 12.9. The lowest BCUT2D eigenvalue weighted by atomic mass is 9.88. The summed E-state index contributed by atoms with van der Waals surface area (Å²) in [6.45, 7) is 1.00. The van der Waals surface area contributed by atoms with Crippen molar-refractivity contribution < 1.29 is 9.90 Å². The van der Waals surface area contributed by atoms with Crippen LogP contribution in [0.2, 0.25) is 0 Å². The minimum atomic E-state index is -0.481. The molecule has 0 bridgehead atoms. The van der Waals surface area contributed by atoms with E-state index in [1.165, 1.54) is 0 Å². The van der Waals surface area contributed by atoms with Gasteiger partial charge in [-0.2, -0.15) is 0 Å². The molecule has 0 aliphatic carbocycles. The molecule has 2 atom stereocenters. The molecule has 3 rings (SSSR count). The number of nitrogens with zero attached hydrogens (tertiary/aromatic N) is 2. The van der Waals surface area contributed by atoms with E-state index in [0.29, 0.717) is 19.5 Å². The number of carbonyl (C=O) groups is 1. The van der Waals surface area contributed by atoms with Crippen molar-refractivity contribution in [2.45, 2.75) is 24.5 Å². The van der Waals surface area contributed by atoms with Crippen molar-refractivity contribution in [1.82, 2.24) is 9.80 Å². The van der Waals surface area contributed by atoms with Gasteiger partial charge < -0.3 is 14.9 Å². The number of likely N-dealkylation sites (tertiary alicyclic amines) is 1. The molecular weight excluding hydrogens is 312 g/mol. The fourth-order valence-electron chi connectivity index (χ4n) is 3.58. The molecule has 0 saturated carbocycles. The van der Waals surface area contributed by atoms with Gasteiger partial charge in [0.1, 0.15) is 0 Å². The number of hydrogen-bond donors (Lipinski definition) is 1. The Balaban J connectivity index is 1.78. The molecule has 4 nitrogen and oxygen atoms in total. The largest absolute Gasteiger partial charge is 0.390 e. The van der Waals surface area contributed by atoms with Crippen molar-refractivity contribution >= 4 is 5.91 Å². The van der Waals surface area contributed by atoms with E-state index in [9.17, 15) is 9.90 Å². The molecule has 25 heavy (non-hydrogen) atoms. The summed E-state index contributed by atoms with van der Waals surface area (Å²) in [5.41, 5.74) is 2.29. The second-order valence-electron chi connectivity index (χ2n) is 6.98. The fraction of sp³-hybridized carbons (Fsp3) is 0.381. The highest BCUT2D eigenvalue weighted by atomic mass is 16.3. The summed E-state index contributed by atoms with van der Waals surface area (Å²) in [4.78, 5) is 16.7. The van der Waals surface area contributed by atoms with E-state index < -0.39 is 6.10 Å². The zero-order valence-corrected chi connectivity index (χ0v) is 14.9. The molecule has 1 saturated heterocycles. The topological polar surface area (TPSA) is 43.8 Å². The number of amides is 1. The molecule has 0 spiro atoms. The Hall–Kier alpha value is -2.17. The zero-order chi connectivity index (χ0) is 17.8. The molecule has 2 aromatic carbocycles. The number of likely N-dealkylation sites (N-methyl/N-ethyl adjacent to an activating group) is 1. The third-order valence-corrected chi connectivity index (χ3v) is 5.06. The van der Waals surface area contributed by atoms with E-state index in [0.717, 1.165) is 11.1 Å². The first-order chi connectivity index (χ1) is 12.1. The van der Waals surface area contributed by atoms with Gasteiger partial charge in [-0.05, 0) is 25.2 Å². The Bertz CT molecular complexity index is 648. The van der Waals surface area contributed by atoms with Crippen LogP contribution in [-0.4, -0.2) is 60.1 Å². The van der Waals surface area contributed by atoms with Gasteiger partial charge in [-0.1, -0.05) is 60.7 Å². The highest BCUT2D eigenvalue weighted by Crippen LogP contribution is 2.29. The molecule has 0 unspecified atom stereocenters. The summed E-state index contributed by atoms with van der Waals surface area (Å²) in [5.74, 6) is 0.131. The summed E-state index contributed by atoms with van der Waals surface area (Å²) in [5, 5.41) is 10.2. The van der Waals surface area contributed by atoms with Gasteiger partial charge in [0.2, 0.25) is 5.91 Å². The molecule has 2 aromatic rings. The maximum Gasteiger partial charge on any atom is 0.223 e. The Kier molecular flexibility index (Phi) is 5.51. The van der Waals surface area contributed by atoms with Crippen molar-refractivity contribution in [2.24, 2.45) is 0 Å². The monoisotopic (exact) mass is 338 g/mol. The van der Waals surface area contributed by atoms with Gasteiger partial charge in [0, 0.05) is 25.4 Å². The number of hydrogen-bond acceptors (Lipinski definition) is 3. The molecule has 1 N–H and O–H groups in total. The van der Waals surface area contributed by atoms with Gasteiger partial charge in [-0.25, -0.2) is 0 Å². The Morgan fingerprint density at radius 2 is 1.56 bits per heavy atom. The van der Waals surface area contributed by atoms with Gasteiger partial charge in [0.15, 0.2) is 0 Å². The Labute approximate surface area is 149 Å². The number of benzene rings is 2. The van der Waals surface area contributed by atoms with E-state index >= 15 is 0 Å². The molecule has 1 aliphatic heterocycles. The number of carbonyl (C=O) groups excluding carboxylic acids is 1. The fourth-order valence-corrected chi connectivity index (χ4v) is 3.58. The zero-order valence-electron chi connectivity index (χ0n) is 14.9. The van der Waals surface area contributed by atoms with Crippen LogP contribution in [0.4, 0.5) is 0 Å². The molecule has 1 amide bonds. The average molecular weight is 338 g/mol. The van der Waals surface area contributed by atoms with Gasteiger partial charge in [0.25, 0.3) is 0 Å². The minimum Gasteiger partial charge on any atom is -0.390 e. The highest BCUT2D eigenvalue weighted by molar-refractivity contribution is 5.78. The van der Waals surface area contributed by atoms with Gasteiger partial charge in [-0.15, -0.1) is 0 Å². The van der Waals surface area contributed by atoms with Crippen LogP contribution >= 0.6 is 0 Å². The first kappa shape index (κ1) is 17.6. The van der Waals surface area contributed by atoms with Crippen LogP contribution in [0.25, 0.3) is 0 Å². The van der Waals surface area contributed by atoms with Crippen molar-refractivity contribution in [2.75, 3.05) is 27.2 Å². The molecule has 1 aliphatic rings. The smallest absolute Gasteiger partial charge is 0.223 e. The molecule has 1 heterocycles. The second-order valence-corrected chi connectivity index (χ2v) is 6.98. The summed E-state index contributed by atoms with van der Waals surface area (Å²) in [7, 11) is 3.89. The molecule has 0 radical (unpaired) electrons. The van der Waals surface area contributed by atoms with E-state index in [2.05, 4.69) is 24.3 Å². The van der Waals surface area contributed by atoms with Crippen LogP contribution in [0, 0.1) is 0 Å². The predicted octanol–water partition coefficient (Wildman–Crippen LogP) is 2.34. The number of rotatable bonds is 5. The van der Waals surface area contributed by atoms with E-state index in [4.69, 9.17) is 0 Å². The minimum absolute atomic E-state index is 0.0100. The molecule has 132 valence electrons. The lowest BCUT2D eigenvalue weighted by Crippen LogP contribution is -2.38. The number of β-amino-alcohol motifs (C(OH)–C–C–N with tert-alkyl or cyclic N) is 1. The maximum absolute atomic E-state index is 12.9. The molecule has 0 aromatic heterocycles. The summed E-state index contributed by atoms with van der Waals surface area (Å²) in [6.07, 6.45) is -0.0631. The van der Waals surface area contributed by atoms with Crippen molar-refractivity contribution in [1.29, 1.82) is 0 Å². The SMILES string of the molecule is CN(C)[C@H]1CN(C(=O)CC(c2ccccc2)c2ccccc2)C[C@@H]1O. The summed E-state index contributed by atoms with van der Waals surface area (Å²) < 4.78 is 0. The van der Waals surface area contributed by atoms with Gasteiger partial charge >= 0.3 is 0 Å². The third-order valence-electron chi connectivity index (χ3n) is 5.06. The van der Waals surface area contributed by atoms with Gasteiger partial charge in [0.05, 0.1) is 12.1 Å². The Morgan fingerprint density at radius 3 is 2.00 bits per heavy atom. The van der Waals surface area contributed by atoms with Crippen LogP contribution in [0.1, 0.15) is 23.5 Å². The van der Waals surface area contributed by atoms with Crippen molar-refractivity contribution in [3.05, 3.63) is 71.8 Å². The van der Waals surface area contributed by atoms with Crippen molar-refractivity contribution in [3.63, 3.8) is 0 Å². The normalized spacial score (nSPS) is 20.4. The van der Waals surface area contributed by atoms with E-state index in [-0.39, 0.29) is 17.9 Å². The van der Waals surface area contributed by atoms with Crippen LogP contribution in [-0.2, 0) is 4.79 Å². The summed E-state index contributed by atoms with van der Waals surface area (Å²) >= 11 is 0. The molecular formula is C21H26N2O2. The Morgan fingerprint density at radius 1 is 1.04 bits per heavy atom. The van der Waals surface area contributed by atoms with Crippen molar-refractivity contribution in [3.8, 4) is 0 Å².